The molecule has 0 bridgehead atoms. The van der Waals surface area contributed by atoms with Crippen LogP contribution in [-0.4, -0.2) is 78.7 Å². The highest BCUT2D eigenvalue weighted by Gasteiger charge is 2.24. The molecule has 2 aromatic heterocycles. The summed E-state index contributed by atoms with van der Waals surface area (Å²) in [7, 11) is 2.06. The number of ether oxygens (including phenoxy) is 1. The van der Waals surface area contributed by atoms with E-state index in [4.69, 9.17) is 14.8 Å². The van der Waals surface area contributed by atoms with Crippen LogP contribution in [0, 0.1) is 0 Å². The fourth-order valence-electron chi connectivity index (χ4n) is 4.72. The van der Waals surface area contributed by atoms with Crippen molar-refractivity contribution in [1.29, 1.82) is 0 Å². The van der Waals surface area contributed by atoms with E-state index in [1.54, 1.807) is 0 Å². The molecule has 8 nitrogen and oxygen atoms in total. The highest BCUT2D eigenvalue weighted by Crippen LogP contribution is 2.29. The molecule has 2 saturated heterocycles. The fourth-order valence-corrected chi connectivity index (χ4v) is 4.72. The minimum Gasteiger partial charge on any atom is -0.378 e. The van der Waals surface area contributed by atoms with Crippen LogP contribution in [-0.2, 0) is 24.9 Å². The Morgan fingerprint density at radius 3 is 2.38 bits per heavy atom. The Morgan fingerprint density at radius 1 is 1.00 bits per heavy atom. The number of hydrogen-bond acceptors (Lipinski definition) is 7. The summed E-state index contributed by atoms with van der Waals surface area (Å²) in [4.78, 5) is 12.0. The van der Waals surface area contributed by atoms with Gasteiger partial charge in [-0.05, 0) is 24.1 Å². The molecular weight excluding hydrogens is 402 g/mol. The van der Waals surface area contributed by atoms with Crippen LogP contribution in [0.1, 0.15) is 43.5 Å². The largest absolute Gasteiger partial charge is 0.378 e. The number of morpholine rings is 1. The Balaban J connectivity index is 1.38. The molecule has 8 heteroatoms. The van der Waals surface area contributed by atoms with Crippen LogP contribution in [0.5, 0.6) is 0 Å². The fraction of sp³-hybridized carbons (Fsp3) is 0.667. The maximum atomic E-state index is 5.56. The lowest BCUT2D eigenvalue weighted by molar-refractivity contribution is 0.122. The molecule has 0 unspecified atom stereocenters. The van der Waals surface area contributed by atoms with E-state index in [9.17, 15) is 0 Å². The Hall–Kier alpha value is -2.16. The zero-order valence-electron chi connectivity index (χ0n) is 20.2. The van der Waals surface area contributed by atoms with Gasteiger partial charge in [-0.25, -0.2) is 4.98 Å². The molecule has 0 aromatic carbocycles. The summed E-state index contributed by atoms with van der Waals surface area (Å²) in [5.74, 6) is 2.71. The van der Waals surface area contributed by atoms with E-state index in [2.05, 4.69) is 60.0 Å². The van der Waals surface area contributed by atoms with E-state index < -0.39 is 0 Å². The van der Waals surface area contributed by atoms with Gasteiger partial charge in [0.15, 0.2) is 0 Å². The number of hydrogen-bond donors (Lipinski definition) is 1. The Bertz CT molecular complexity index is 850. The summed E-state index contributed by atoms with van der Waals surface area (Å²) in [5, 5.41) is 8.51. The van der Waals surface area contributed by atoms with Gasteiger partial charge in [0.05, 0.1) is 18.9 Å². The van der Waals surface area contributed by atoms with Crippen molar-refractivity contribution in [3.8, 4) is 0 Å². The molecule has 0 radical (unpaired) electrons. The molecule has 176 valence electrons. The number of nitrogens with zero attached hydrogens (tertiary/aromatic N) is 6. The summed E-state index contributed by atoms with van der Waals surface area (Å²) in [6.07, 6.45) is 2.02. The topological polar surface area (TPSA) is 61.7 Å². The number of aryl methyl sites for hydroxylation is 1. The number of piperazine rings is 1. The van der Waals surface area contributed by atoms with Crippen LogP contribution < -0.4 is 15.1 Å². The van der Waals surface area contributed by atoms with Crippen molar-refractivity contribution in [3.05, 3.63) is 35.2 Å². The molecule has 0 spiro atoms. The normalized spacial score (nSPS) is 18.0. The van der Waals surface area contributed by atoms with Crippen molar-refractivity contribution < 1.29 is 4.74 Å². The van der Waals surface area contributed by atoms with Crippen LogP contribution in [0.3, 0.4) is 0 Å². The van der Waals surface area contributed by atoms with Gasteiger partial charge < -0.3 is 24.8 Å². The van der Waals surface area contributed by atoms with Crippen molar-refractivity contribution in [3.63, 3.8) is 0 Å². The zero-order valence-corrected chi connectivity index (χ0v) is 20.2. The lowest BCUT2D eigenvalue weighted by Crippen LogP contribution is -2.46. The van der Waals surface area contributed by atoms with Crippen LogP contribution >= 0.6 is 0 Å². The number of rotatable bonds is 8. The smallest absolute Gasteiger partial charge is 0.131 e. The predicted octanol–water partition coefficient (Wildman–Crippen LogP) is 2.21. The van der Waals surface area contributed by atoms with Crippen molar-refractivity contribution >= 4 is 11.6 Å². The van der Waals surface area contributed by atoms with E-state index in [1.165, 1.54) is 22.6 Å². The van der Waals surface area contributed by atoms with Gasteiger partial charge in [-0.15, -0.1) is 0 Å². The summed E-state index contributed by atoms with van der Waals surface area (Å²) >= 11 is 0. The maximum Gasteiger partial charge on any atom is 0.131 e. The summed E-state index contributed by atoms with van der Waals surface area (Å²) in [6, 6.07) is 4.37. The minimum atomic E-state index is 0.391. The van der Waals surface area contributed by atoms with Crippen molar-refractivity contribution in [2.24, 2.45) is 7.05 Å². The molecule has 2 aliphatic heterocycles. The molecule has 2 aliphatic rings. The van der Waals surface area contributed by atoms with Gasteiger partial charge in [-0.1, -0.05) is 26.8 Å². The highest BCUT2D eigenvalue weighted by molar-refractivity contribution is 5.51. The third-order valence-corrected chi connectivity index (χ3v) is 6.58. The van der Waals surface area contributed by atoms with Crippen molar-refractivity contribution in [2.75, 3.05) is 68.8 Å². The van der Waals surface area contributed by atoms with E-state index >= 15 is 0 Å². The first kappa shape index (κ1) is 23.0. The second-order valence-electron chi connectivity index (χ2n) is 9.11. The molecule has 32 heavy (non-hydrogen) atoms. The number of anilines is 2. The van der Waals surface area contributed by atoms with E-state index in [0.29, 0.717) is 5.92 Å². The van der Waals surface area contributed by atoms with E-state index in [1.807, 2.05) is 10.9 Å². The van der Waals surface area contributed by atoms with Crippen LogP contribution in [0.2, 0.25) is 0 Å². The number of aromatic nitrogens is 3. The van der Waals surface area contributed by atoms with Gasteiger partial charge >= 0.3 is 0 Å². The minimum absolute atomic E-state index is 0.391. The molecule has 2 aromatic rings. The van der Waals surface area contributed by atoms with Crippen molar-refractivity contribution in [2.45, 2.75) is 39.8 Å². The third-order valence-electron chi connectivity index (χ3n) is 6.58. The van der Waals surface area contributed by atoms with Gasteiger partial charge in [0.25, 0.3) is 0 Å². The second kappa shape index (κ2) is 10.6. The van der Waals surface area contributed by atoms with Crippen LogP contribution in [0.25, 0.3) is 0 Å². The van der Waals surface area contributed by atoms with Crippen LogP contribution in [0.4, 0.5) is 11.6 Å². The molecular formula is C24H39N7O. The first-order valence-corrected chi connectivity index (χ1v) is 12.1. The zero-order chi connectivity index (χ0) is 22.5. The molecule has 0 atom stereocenters. The molecule has 1 N–H and O–H groups in total. The summed E-state index contributed by atoms with van der Waals surface area (Å²) in [6.45, 7) is 17.2. The Kier molecular flexibility index (Phi) is 7.65. The average molecular weight is 442 g/mol. The van der Waals surface area contributed by atoms with Gasteiger partial charge in [0, 0.05) is 71.2 Å². The quantitative estimate of drug-likeness (QED) is 0.674. The van der Waals surface area contributed by atoms with Gasteiger partial charge in [0.1, 0.15) is 11.6 Å². The summed E-state index contributed by atoms with van der Waals surface area (Å²) < 4.78 is 7.61. The molecule has 4 rings (SSSR count). The predicted molar refractivity (Wildman–Crippen MR) is 129 cm³/mol. The lowest BCUT2D eigenvalue weighted by Gasteiger charge is -2.34. The molecule has 0 aliphatic carbocycles. The van der Waals surface area contributed by atoms with E-state index in [0.717, 1.165) is 77.9 Å². The number of likely N-dealkylation sites (N-methyl/N-ethyl adjacent to an activating group) is 1. The van der Waals surface area contributed by atoms with Crippen LogP contribution in [0.15, 0.2) is 18.3 Å². The van der Waals surface area contributed by atoms with Gasteiger partial charge in [-0.2, -0.15) is 5.10 Å². The highest BCUT2D eigenvalue weighted by atomic mass is 16.5. The molecule has 0 amide bonds. The molecule has 4 heterocycles. The van der Waals surface area contributed by atoms with E-state index in [-0.39, 0.29) is 0 Å². The lowest BCUT2D eigenvalue weighted by atomic mass is 10.0. The summed E-state index contributed by atoms with van der Waals surface area (Å²) in [5.41, 5.74) is 3.70. The SMILES string of the molecule is CCN1CCN(c2ccc(CNCc3c(C(C)C)nn(C)c3N3CCOCC3)cn2)CC1. The first-order valence-electron chi connectivity index (χ1n) is 12.1. The first-order chi connectivity index (χ1) is 15.6. The number of pyridine rings is 1. The average Bonchev–Trinajstić information content (AvgIpc) is 3.16. The van der Waals surface area contributed by atoms with Gasteiger partial charge in [-0.3, -0.25) is 4.68 Å². The molecule has 2 fully saturated rings. The number of nitrogens with one attached hydrogen (secondary N) is 1. The van der Waals surface area contributed by atoms with Gasteiger partial charge in [0.2, 0.25) is 0 Å². The Labute approximate surface area is 192 Å². The standard InChI is InChI=1S/C24H39N7O/c1-5-29-8-10-30(11-9-29)22-7-6-20(17-26-22)16-25-18-21-23(19(2)3)27-28(4)24(21)31-12-14-32-15-13-31/h6-7,17,19,25H,5,8-16,18H2,1-4H3. The monoisotopic (exact) mass is 441 g/mol. The molecule has 0 saturated carbocycles. The third kappa shape index (κ3) is 5.24. The van der Waals surface area contributed by atoms with Crippen molar-refractivity contribution in [1.82, 2.24) is 25.0 Å². The maximum absolute atomic E-state index is 5.56. The second-order valence-corrected chi connectivity index (χ2v) is 9.11. The Morgan fingerprint density at radius 2 is 1.75 bits per heavy atom.